The van der Waals surface area contributed by atoms with Gasteiger partial charge in [0.25, 0.3) is 0 Å². The summed E-state index contributed by atoms with van der Waals surface area (Å²) < 4.78 is 25.9. The zero-order chi connectivity index (χ0) is 11.8. The molecule has 1 aromatic carbocycles. The van der Waals surface area contributed by atoms with Crippen molar-refractivity contribution in [3.05, 3.63) is 35.4 Å². The van der Waals surface area contributed by atoms with Crippen molar-refractivity contribution in [1.29, 1.82) is 0 Å². The molecule has 1 fully saturated rings. The van der Waals surface area contributed by atoms with Crippen molar-refractivity contribution in [3.8, 4) is 0 Å². The van der Waals surface area contributed by atoms with Crippen LogP contribution in [-0.2, 0) is 0 Å². The SMILES string of the molecule is CC1(C(O)c2ccc(F)cc2F)CCCS1. The lowest BCUT2D eigenvalue weighted by Gasteiger charge is -2.29. The number of halogens is 2. The molecule has 0 bridgehead atoms. The minimum Gasteiger partial charge on any atom is -0.387 e. The average Bonchev–Trinajstić information content (AvgIpc) is 2.66. The number of aliphatic hydroxyl groups is 1. The molecule has 1 nitrogen and oxygen atoms in total. The Kier molecular flexibility index (Phi) is 3.22. The number of aliphatic hydroxyl groups excluding tert-OH is 1. The summed E-state index contributed by atoms with van der Waals surface area (Å²) in [5.41, 5.74) is 0.193. The molecule has 4 heteroatoms. The van der Waals surface area contributed by atoms with Crippen LogP contribution in [-0.4, -0.2) is 15.6 Å². The first-order chi connectivity index (χ1) is 7.53. The molecule has 88 valence electrons. The molecule has 0 aliphatic carbocycles. The number of thioether (sulfide) groups is 1. The van der Waals surface area contributed by atoms with Crippen LogP contribution in [0.2, 0.25) is 0 Å². The first-order valence-corrected chi connectivity index (χ1v) is 6.28. The molecule has 1 saturated heterocycles. The van der Waals surface area contributed by atoms with Gasteiger partial charge >= 0.3 is 0 Å². The van der Waals surface area contributed by atoms with E-state index in [4.69, 9.17) is 0 Å². The third kappa shape index (κ3) is 2.09. The Bertz CT molecular complexity index is 389. The quantitative estimate of drug-likeness (QED) is 0.861. The van der Waals surface area contributed by atoms with E-state index in [1.54, 1.807) is 11.8 Å². The van der Waals surface area contributed by atoms with Crippen molar-refractivity contribution >= 4 is 11.8 Å². The molecule has 1 aliphatic rings. The molecule has 0 amide bonds. The van der Waals surface area contributed by atoms with Crippen molar-refractivity contribution in [3.63, 3.8) is 0 Å². The normalized spacial score (nSPS) is 27.0. The lowest BCUT2D eigenvalue weighted by atomic mass is 9.92. The van der Waals surface area contributed by atoms with Gasteiger partial charge in [-0.15, -0.1) is 0 Å². The van der Waals surface area contributed by atoms with E-state index in [-0.39, 0.29) is 10.3 Å². The molecule has 1 aromatic rings. The van der Waals surface area contributed by atoms with E-state index >= 15 is 0 Å². The predicted octanol–water partition coefficient (Wildman–Crippen LogP) is 3.28. The number of benzene rings is 1. The Balaban J connectivity index is 2.29. The summed E-state index contributed by atoms with van der Waals surface area (Å²) in [7, 11) is 0. The molecule has 1 heterocycles. The lowest BCUT2D eigenvalue weighted by Crippen LogP contribution is -2.27. The highest BCUT2D eigenvalue weighted by atomic mass is 32.2. The molecule has 1 aliphatic heterocycles. The Hall–Kier alpha value is -0.610. The minimum absolute atomic E-state index is 0.193. The van der Waals surface area contributed by atoms with Crippen molar-refractivity contribution in [2.45, 2.75) is 30.6 Å². The largest absolute Gasteiger partial charge is 0.387 e. The standard InChI is InChI=1S/C12H14F2OS/c1-12(5-2-6-16-12)11(15)9-4-3-8(13)7-10(9)14/h3-4,7,11,15H,2,5-6H2,1H3. The van der Waals surface area contributed by atoms with Crippen LogP contribution in [0.3, 0.4) is 0 Å². The van der Waals surface area contributed by atoms with Crippen LogP contribution in [0.5, 0.6) is 0 Å². The smallest absolute Gasteiger partial charge is 0.131 e. The van der Waals surface area contributed by atoms with Crippen LogP contribution in [0.25, 0.3) is 0 Å². The fourth-order valence-electron chi connectivity index (χ4n) is 2.07. The molecule has 0 saturated carbocycles. The van der Waals surface area contributed by atoms with Crippen LogP contribution in [0.4, 0.5) is 8.78 Å². The zero-order valence-corrected chi connectivity index (χ0v) is 9.86. The fourth-order valence-corrected chi connectivity index (χ4v) is 3.40. The molecule has 0 radical (unpaired) electrons. The first kappa shape index (κ1) is 11.9. The lowest BCUT2D eigenvalue weighted by molar-refractivity contribution is 0.131. The summed E-state index contributed by atoms with van der Waals surface area (Å²) in [6.07, 6.45) is 1.01. The van der Waals surface area contributed by atoms with Gasteiger partial charge in [0.2, 0.25) is 0 Å². The number of hydrogen-bond acceptors (Lipinski definition) is 2. The van der Waals surface area contributed by atoms with E-state index in [0.717, 1.165) is 24.7 Å². The molecule has 2 rings (SSSR count). The molecule has 16 heavy (non-hydrogen) atoms. The van der Waals surface area contributed by atoms with Crippen LogP contribution < -0.4 is 0 Å². The summed E-state index contributed by atoms with van der Waals surface area (Å²) >= 11 is 1.65. The van der Waals surface area contributed by atoms with Gasteiger partial charge in [0.05, 0.1) is 6.10 Å². The third-order valence-electron chi connectivity index (χ3n) is 3.08. The van der Waals surface area contributed by atoms with Crippen LogP contribution >= 0.6 is 11.8 Å². The van der Waals surface area contributed by atoms with Crippen LogP contribution in [0, 0.1) is 11.6 Å². The van der Waals surface area contributed by atoms with Gasteiger partial charge in [-0.3, -0.25) is 0 Å². The molecule has 0 spiro atoms. The van der Waals surface area contributed by atoms with E-state index in [9.17, 15) is 13.9 Å². The molecule has 2 unspecified atom stereocenters. The second-order valence-corrected chi connectivity index (χ2v) is 5.96. The van der Waals surface area contributed by atoms with E-state index in [0.29, 0.717) is 0 Å². The monoisotopic (exact) mass is 244 g/mol. The second-order valence-electron chi connectivity index (χ2n) is 4.33. The summed E-state index contributed by atoms with van der Waals surface area (Å²) in [5, 5.41) is 10.2. The Morgan fingerprint density at radius 3 is 2.75 bits per heavy atom. The highest BCUT2D eigenvalue weighted by Gasteiger charge is 2.38. The number of rotatable bonds is 2. The summed E-state index contributed by atoms with van der Waals surface area (Å²) in [4.78, 5) is 0. The van der Waals surface area contributed by atoms with Crippen molar-refractivity contribution in [2.75, 3.05) is 5.75 Å². The number of hydrogen-bond donors (Lipinski definition) is 1. The van der Waals surface area contributed by atoms with Crippen molar-refractivity contribution in [2.24, 2.45) is 0 Å². The fraction of sp³-hybridized carbons (Fsp3) is 0.500. The highest BCUT2D eigenvalue weighted by molar-refractivity contribution is 8.00. The van der Waals surface area contributed by atoms with Gasteiger partial charge in [0.15, 0.2) is 0 Å². The summed E-state index contributed by atoms with van der Waals surface area (Å²) in [5.74, 6) is -0.296. The Morgan fingerprint density at radius 2 is 2.19 bits per heavy atom. The Labute approximate surface area is 97.9 Å². The maximum atomic E-state index is 13.5. The van der Waals surface area contributed by atoms with E-state index < -0.39 is 17.7 Å². The topological polar surface area (TPSA) is 20.2 Å². The maximum Gasteiger partial charge on any atom is 0.131 e. The maximum absolute atomic E-state index is 13.5. The van der Waals surface area contributed by atoms with Crippen LogP contribution in [0.15, 0.2) is 18.2 Å². The van der Waals surface area contributed by atoms with E-state index in [2.05, 4.69) is 0 Å². The van der Waals surface area contributed by atoms with Crippen LogP contribution in [0.1, 0.15) is 31.4 Å². The van der Waals surface area contributed by atoms with Gasteiger partial charge in [0.1, 0.15) is 11.6 Å². The van der Waals surface area contributed by atoms with Gasteiger partial charge in [0, 0.05) is 16.4 Å². The highest BCUT2D eigenvalue weighted by Crippen LogP contribution is 2.46. The molecule has 2 atom stereocenters. The average molecular weight is 244 g/mol. The van der Waals surface area contributed by atoms with Crippen molar-refractivity contribution in [1.82, 2.24) is 0 Å². The minimum atomic E-state index is -0.874. The molecular formula is C12H14F2OS. The third-order valence-corrected chi connectivity index (χ3v) is 4.66. The first-order valence-electron chi connectivity index (χ1n) is 5.30. The predicted molar refractivity (Wildman–Crippen MR) is 61.4 cm³/mol. The zero-order valence-electron chi connectivity index (χ0n) is 9.04. The molecule has 0 aromatic heterocycles. The van der Waals surface area contributed by atoms with Gasteiger partial charge in [-0.25, -0.2) is 8.78 Å². The van der Waals surface area contributed by atoms with Crippen molar-refractivity contribution < 1.29 is 13.9 Å². The van der Waals surface area contributed by atoms with E-state index in [1.165, 1.54) is 12.1 Å². The summed E-state index contributed by atoms with van der Waals surface area (Å²) in [6.45, 7) is 1.93. The van der Waals surface area contributed by atoms with E-state index in [1.807, 2.05) is 6.92 Å². The Morgan fingerprint density at radius 1 is 1.44 bits per heavy atom. The second kappa shape index (κ2) is 4.34. The van der Waals surface area contributed by atoms with Gasteiger partial charge < -0.3 is 5.11 Å². The van der Waals surface area contributed by atoms with Gasteiger partial charge in [-0.2, -0.15) is 11.8 Å². The summed E-state index contributed by atoms with van der Waals surface area (Å²) in [6, 6.07) is 3.34. The van der Waals surface area contributed by atoms with Gasteiger partial charge in [-0.05, 0) is 31.6 Å². The molecule has 1 N–H and O–H groups in total. The van der Waals surface area contributed by atoms with Gasteiger partial charge in [-0.1, -0.05) is 6.07 Å². The molecular weight excluding hydrogens is 230 g/mol.